The van der Waals surface area contributed by atoms with E-state index in [4.69, 9.17) is 0 Å². The molecule has 0 saturated carbocycles. The number of rotatable bonds is 1. The molecule has 0 N–H and O–H groups in total. The van der Waals surface area contributed by atoms with E-state index in [-0.39, 0.29) is 10.8 Å². The van der Waals surface area contributed by atoms with Gasteiger partial charge in [-0.25, -0.2) is 4.98 Å². The van der Waals surface area contributed by atoms with Gasteiger partial charge >= 0.3 is 6.18 Å². The summed E-state index contributed by atoms with van der Waals surface area (Å²) in [4.78, 5) is 3.89. The van der Waals surface area contributed by atoms with Crippen molar-refractivity contribution in [1.29, 1.82) is 0 Å². The zero-order valence-corrected chi connectivity index (χ0v) is 16.6. The van der Waals surface area contributed by atoms with E-state index in [1.54, 1.807) is 18.2 Å². The third kappa shape index (κ3) is 3.73. The third-order valence-electron chi connectivity index (χ3n) is 4.77. The minimum atomic E-state index is -4.54. The molecule has 0 bridgehead atoms. The van der Waals surface area contributed by atoms with Crippen LogP contribution in [0, 0.1) is 0 Å². The first-order chi connectivity index (χ1) is 12.3. The molecule has 0 amide bonds. The van der Waals surface area contributed by atoms with E-state index < -0.39 is 12.0 Å². The number of halogens is 3. The molecular weight excluding hydrogens is 349 g/mol. The summed E-state index contributed by atoms with van der Waals surface area (Å²) in [5.74, 6) is -0.896. The fourth-order valence-electron chi connectivity index (χ4n) is 3.10. The van der Waals surface area contributed by atoms with Gasteiger partial charge in [-0.05, 0) is 46.2 Å². The molecule has 5 heteroatoms. The Kier molecular flexibility index (Phi) is 4.41. The van der Waals surface area contributed by atoms with Crippen LogP contribution in [0.15, 0.2) is 42.5 Å². The van der Waals surface area contributed by atoms with Crippen LogP contribution < -0.4 is 0 Å². The molecule has 0 unspecified atom stereocenters. The number of hydrogen-bond donors (Lipinski definition) is 0. The summed E-state index contributed by atoms with van der Waals surface area (Å²) in [7, 11) is 0. The van der Waals surface area contributed by atoms with Gasteiger partial charge in [0.25, 0.3) is 0 Å². The summed E-state index contributed by atoms with van der Waals surface area (Å²) in [5, 5.41) is 0. The fraction of sp³-hybridized carbons (Fsp3) is 0.409. The van der Waals surface area contributed by atoms with Crippen LogP contribution in [-0.4, -0.2) is 9.55 Å². The Morgan fingerprint density at radius 3 is 1.74 bits per heavy atom. The summed E-state index contributed by atoms with van der Waals surface area (Å²) in [6.07, 6.45) is -4.54. The number of alkyl halides is 3. The predicted molar refractivity (Wildman–Crippen MR) is 103 cm³/mol. The molecule has 0 radical (unpaired) electrons. The minimum Gasteiger partial charge on any atom is -0.289 e. The van der Waals surface area contributed by atoms with E-state index in [2.05, 4.69) is 25.8 Å². The SMILES string of the molecule is CC(C)(C)c1ccc(-n2c(C(F)(F)F)nc3ccc(C(C)(C)C)cc32)cc1. The Morgan fingerprint density at radius 2 is 1.26 bits per heavy atom. The maximum absolute atomic E-state index is 13.7. The topological polar surface area (TPSA) is 17.8 Å². The number of hydrogen-bond acceptors (Lipinski definition) is 1. The largest absolute Gasteiger partial charge is 0.450 e. The van der Waals surface area contributed by atoms with Crippen LogP contribution in [0.1, 0.15) is 58.5 Å². The van der Waals surface area contributed by atoms with Gasteiger partial charge in [-0.15, -0.1) is 0 Å². The molecule has 1 aromatic heterocycles. The first kappa shape index (κ1) is 19.5. The van der Waals surface area contributed by atoms with Crippen LogP contribution in [0.25, 0.3) is 16.7 Å². The van der Waals surface area contributed by atoms with Gasteiger partial charge in [-0.3, -0.25) is 4.57 Å². The second-order valence-corrected chi connectivity index (χ2v) is 9.02. The second-order valence-electron chi connectivity index (χ2n) is 9.02. The first-order valence-electron chi connectivity index (χ1n) is 8.99. The number of aromatic nitrogens is 2. The number of imidazole rings is 1. The molecule has 2 aromatic carbocycles. The highest BCUT2D eigenvalue weighted by atomic mass is 19.4. The zero-order valence-electron chi connectivity index (χ0n) is 16.6. The minimum absolute atomic E-state index is 0.0677. The lowest BCUT2D eigenvalue weighted by Gasteiger charge is -2.21. The molecule has 0 fully saturated rings. The smallest absolute Gasteiger partial charge is 0.289 e. The van der Waals surface area contributed by atoms with Gasteiger partial charge in [-0.2, -0.15) is 13.2 Å². The average Bonchev–Trinajstić information content (AvgIpc) is 2.92. The van der Waals surface area contributed by atoms with Crippen LogP contribution in [-0.2, 0) is 17.0 Å². The quantitative estimate of drug-likeness (QED) is 0.467. The maximum Gasteiger partial charge on any atom is 0.450 e. The van der Waals surface area contributed by atoms with Crippen molar-refractivity contribution >= 4 is 11.0 Å². The monoisotopic (exact) mass is 374 g/mol. The standard InChI is InChI=1S/C22H25F3N2/c1-20(2,3)14-7-10-16(11-8-14)27-18-13-15(21(4,5)6)9-12-17(18)26-19(27)22(23,24)25/h7-13H,1-6H3. The van der Waals surface area contributed by atoms with E-state index in [1.165, 1.54) is 4.57 Å². The Morgan fingerprint density at radius 1 is 0.741 bits per heavy atom. The molecule has 0 aliphatic rings. The average molecular weight is 374 g/mol. The van der Waals surface area contributed by atoms with E-state index >= 15 is 0 Å². The molecule has 0 aliphatic carbocycles. The molecule has 3 rings (SSSR count). The van der Waals surface area contributed by atoms with Crippen LogP contribution in [0.2, 0.25) is 0 Å². The second kappa shape index (κ2) is 6.11. The molecule has 0 atom stereocenters. The fourth-order valence-corrected chi connectivity index (χ4v) is 3.10. The van der Waals surface area contributed by atoms with Gasteiger partial charge in [0.15, 0.2) is 0 Å². The van der Waals surface area contributed by atoms with Gasteiger partial charge in [0.1, 0.15) is 0 Å². The van der Waals surface area contributed by atoms with Gasteiger partial charge < -0.3 is 0 Å². The number of fused-ring (bicyclic) bond motifs is 1. The Labute approximate surface area is 158 Å². The molecule has 2 nitrogen and oxygen atoms in total. The van der Waals surface area contributed by atoms with Crippen molar-refractivity contribution in [2.45, 2.75) is 58.5 Å². The van der Waals surface area contributed by atoms with E-state index in [0.717, 1.165) is 11.1 Å². The van der Waals surface area contributed by atoms with Crippen LogP contribution in [0.5, 0.6) is 0 Å². The van der Waals surface area contributed by atoms with Crippen LogP contribution in [0.3, 0.4) is 0 Å². The highest BCUT2D eigenvalue weighted by Gasteiger charge is 2.38. The molecule has 3 aromatic rings. The van der Waals surface area contributed by atoms with Crippen molar-refractivity contribution < 1.29 is 13.2 Å². The normalized spacial score (nSPS) is 13.4. The summed E-state index contributed by atoms with van der Waals surface area (Å²) in [6.45, 7) is 12.3. The van der Waals surface area contributed by atoms with E-state index in [0.29, 0.717) is 16.7 Å². The van der Waals surface area contributed by atoms with Gasteiger partial charge in [0.2, 0.25) is 5.82 Å². The van der Waals surface area contributed by atoms with Crippen molar-refractivity contribution in [1.82, 2.24) is 9.55 Å². The molecule has 0 spiro atoms. The lowest BCUT2D eigenvalue weighted by Crippen LogP contribution is -2.15. The summed E-state index contributed by atoms with van der Waals surface area (Å²) in [6, 6.07) is 12.6. The Bertz CT molecular complexity index is 966. The number of benzene rings is 2. The lowest BCUT2D eigenvalue weighted by molar-refractivity contribution is -0.145. The van der Waals surface area contributed by atoms with Crippen LogP contribution >= 0.6 is 0 Å². The van der Waals surface area contributed by atoms with Crippen molar-refractivity contribution in [2.75, 3.05) is 0 Å². The van der Waals surface area contributed by atoms with E-state index in [9.17, 15) is 13.2 Å². The highest BCUT2D eigenvalue weighted by molar-refractivity contribution is 5.79. The van der Waals surface area contributed by atoms with Gasteiger partial charge in [0, 0.05) is 5.69 Å². The summed E-state index contributed by atoms with van der Waals surface area (Å²) < 4.78 is 42.3. The Balaban J connectivity index is 2.28. The zero-order chi connectivity index (χ0) is 20.2. The van der Waals surface area contributed by atoms with E-state index in [1.807, 2.05) is 45.0 Å². The van der Waals surface area contributed by atoms with Gasteiger partial charge in [-0.1, -0.05) is 59.7 Å². The maximum atomic E-state index is 13.7. The molecule has 0 saturated heterocycles. The molecule has 144 valence electrons. The highest BCUT2D eigenvalue weighted by Crippen LogP contribution is 2.36. The van der Waals surface area contributed by atoms with Crippen molar-refractivity contribution in [3.63, 3.8) is 0 Å². The molecule has 0 aliphatic heterocycles. The first-order valence-corrected chi connectivity index (χ1v) is 8.99. The third-order valence-corrected chi connectivity index (χ3v) is 4.77. The summed E-state index contributed by atoms with van der Waals surface area (Å²) >= 11 is 0. The van der Waals surface area contributed by atoms with Crippen molar-refractivity contribution in [2.24, 2.45) is 0 Å². The number of nitrogens with zero attached hydrogens (tertiary/aromatic N) is 2. The van der Waals surface area contributed by atoms with Crippen molar-refractivity contribution in [3.05, 3.63) is 59.4 Å². The molecule has 27 heavy (non-hydrogen) atoms. The predicted octanol–water partition coefficient (Wildman–Crippen LogP) is 6.64. The lowest BCUT2D eigenvalue weighted by atomic mass is 9.87. The Hall–Kier alpha value is -2.30. The van der Waals surface area contributed by atoms with Crippen LogP contribution in [0.4, 0.5) is 13.2 Å². The van der Waals surface area contributed by atoms with Crippen molar-refractivity contribution in [3.8, 4) is 5.69 Å². The molecule has 1 heterocycles. The van der Waals surface area contributed by atoms with Gasteiger partial charge in [0.05, 0.1) is 11.0 Å². The molecular formula is C22H25F3N2. The summed E-state index contributed by atoms with van der Waals surface area (Å²) in [5.41, 5.74) is 3.08.